The Kier molecular flexibility index (Phi) is 3.78. The van der Waals surface area contributed by atoms with Crippen LogP contribution in [0.4, 0.5) is 0 Å². The third-order valence-electron chi connectivity index (χ3n) is 1.46. The lowest BCUT2D eigenvalue weighted by Crippen LogP contribution is -2.19. The van der Waals surface area contributed by atoms with E-state index in [1.165, 1.54) is 6.07 Å². The zero-order valence-electron chi connectivity index (χ0n) is 7.06. The molecule has 0 aliphatic heterocycles. The molecular weight excluding hydrogens is 248 g/mol. The molecule has 0 aliphatic carbocycles. The van der Waals surface area contributed by atoms with Crippen LogP contribution in [0.15, 0.2) is 10.9 Å². The van der Waals surface area contributed by atoms with E-state index in [2.05, 4.69) is 9.97 Å². The van der Waals surface area contributed by atoms with Crippen LogP contribution >= 0.6 is 34.8 Å². The van der Waals surface area contributed by atoms with E-state index in [0.717, 1.165) is 0 Å². The molecule has 0 saturated carbocycles. The molecule has 0 fully saturated rings. The van der Waals surface area contributed by atoms with Gasteiger partial charge in [0, 0.05) is 18.2 Å². The molecule has 0 aliphatic rings. The summed E-state index contributed by atoms with van der Waals surface area (Å²) in [7, 11) is 0. The Balaban J connectivity index is 3.14. The summed E-state index contributed by atoms with van der Waals surface area (Å²) in [6, 6.07) is 1.33. The van der Waals surface area contributed by atoms with Gasteiger partial charge in [0.1, 0.15) is 0 Å². The second-order valence-electron chi connectivity index (χ2n) is 2.62. The van der Waals surface area contributed by atoms with E-state index in [-0.39, 0.29) is 11.4 Å². The largest absolute Gasteiger partial charge is 0.330 e. The maximum absolute atomic E-state index is 11.1. The van der Waals surface area contributed by atoms with E-state index >= 15 is 0 Å². The molecule has 4 nitrogen and oxygen atoms in total. The molecule has 0 atom stereocenters. The predicted octanol–water partition coefficient (Wildman–Crippen LogP) is 1.10. The van der Waals surface area contributed by atoms with Gasteiger partial charge in [-0.1, -0.05) is 34.8 Å². The van der Waals surface area contributed by atoms with Crippen molar-refractivity contribution in [1.29, 1.82) is 0 Å². The number of aromatic nitrogens is 2. The smallest absolute Gasteiger partial charge is 0.251 e. The van der Waals surface area contributed by atoms with Gasteiger partial charge >= 0.3 is 0 Å². The van der Waals surface area contributed by atoms with Gasteiger partial charge in [-0.15, -0.1) is 0 Å². The van der Waals surface area contributed by atoms with Crippen LogP contribution in [-0.2, 0) is 10.2 Å². The summed E-state index contributed by atoms with van der Waals surface area (Å²) in [6.07, 6.45) is 0.470. The van der Waals surface area contributed by atoms with Crippen LogP contribution in [0.2, 0.25) is 0 Å². The highest BCUT2D eigenvalue weighted by molar-refractivity contribution is 6.66. The molecule has 78 valence electrons. The van der Waals surface area contributed by atoms with Crippen molar-refractivity contribution < 1.29 is 0 Å². The number of nitrogens with zero attached hydrogens (tertiary/aromatic N) is 1. The van der Waals surface area contributed by atoms with E-state index in [0.29, 0.717) is 18.7 Å². The second-order valence-corrected chi connectivity index (χ2v) is 4.90. The topological polar surface area (TPSA) is 71.8 Å². The molecule has 0 amide bonds. The normalized spacial score (nSPS) is 11.7. The van der Waals surface area contributed by atoms with E-state index in [1.54, 1.807) is 0 Å². The number of hydrogen-bond donors (Lipinski definition) is 2. The van der Waals surface area contributed by atoms with Gasteiger partial charge in [-0.05, 0) is 6.54 Å². The molecule has 1 aromatic heterocycles. The Morgan fingerprint density at radius 2 is 2.14 bits per heavy atom. The van der Waals surface area contributed by atoms with Crippen LogP contribution in [0.3, 0.4) is 0 Å². The first kappa shape index (κ1) is 11.8. The molecule has 7 heteroatoms. The number of nitrogens with one attached hydrogen (secondary N) is 1. The molecule has 1 rings (SSSR count). The van der Waals surface area contributed by atoms with Crippen molar-refractivity contribution in [3.05, 3.63) is 27.9 Å². The summed E-state index contributed by atoms with van der Waals surface area (Å²) in [5.41, 5.74) is 5.47. The number of aromatic amines is 1. The Morgan fingerprint density at radius 3 is 2.64 bits per heavy atom. The molecule has 0 spiro atoms. The van der Waals surface area contributed by atoms with Gasteiger partial charge < -0.3 is 10.7 Å². The Bertz CT molecular complexity index is 371. The van der Waals surface area contributed by atoms with Crippen molar-refractivity contribution in [2.45, 2.75) is 10.2 Å². The summed E-state index contributed by atoms with van der Waals surface area (Å²) in [6.45, 7) is 0.385. The zero-order chi connectivity index (χ0) is 10.8. The van der Waals surface area contributed by atoms with Gasteiger partial charge in [-0.25, -0.2) is 4.98 Å². The van der Waals surface area contributed by atoms with Gasteiger partial charge in [0.2, 0.25) is 3.79 Å². The number of H-pyrrole nitrogens is 1. The molecule has 0 unspecified atom stereocenters. The first-order valence-corrected chi connectivity index (χ1v) is 4.94. The molecule has 0 bridgehead atoms. The standard InChI is InChI=1S/C7H8Cl3N3O/c8-7(9,10)6-12-4(1-2-11)3-5(14)13-6/h3H,1-2,11H2,(H,12,13,14). The maximum atomic E-state index is 11.1. The van der Waals surface area contributed by atoms with Crippen LogP contribution < -0.4 is 11.3 Å². The Hall–Kier alpha value is -0.290. The first-order chi connectivity index (χ1) is 6.43. The monoisotopic (exact) mass is 255 g/mol. The quantitative estimate of drug-likeness (QED) is 0.778. The van der Waals surface area contributed by atoms with Crippen LogP contribution in [0.1, 0.15) is 11.5 Å². The predicted molar refractivity (Wildman–Crippen MR) is 56.9 cm³/mol. The van der Waals surface area contributed by atoms with Gasteiger partial charge in [0.15, 0.2) is 5.82 Å². The fourth-order valence-corrected chi connectivity index (χ4v) is 1.19. The van der Waals surface area contributed by atoms with E-state index in [9.17, 15) is 4.79 Å². The van der Waals surface area contributed by atoms with Crippen LogP contribution in [0, 0.1) is 0 Å². The molecule has 14 heavy (non-hydrogen) atoms. The van der Waals surface area contributed by atoms with Crippen LogP contribution in [0.25, 0.3) is 0 Å². The third kappa shape index (κ3) is 3.13. The fraction of sp³-hybridized carbons (Fsp3) is 0.429. The van der Waals surface area contributed by atoms with Crippen molar-refractivity contribution in [1.82, 2.24) is 9.97 Å². The Labute approximate surface area is 95.4 Å². The molecule has 0 saturated heterocycles. The molecule has 0 radical (unpaired) electrons. The number of alkyl halides is 3. The number of rotatable bonds is 2. The first-order valence-electron chi connectivity index (χ1n) is 3.81. The average molecular weight is 257 g/mol. The maximum Gasteiger partial charge on any atom is 0.251 e. The lowest BCUT2D eigenvalue weighted by Gasteiger charge is -2.10. The highest BCUT2D eigenvalue weighted by atomic mass is 35.6. The minimum absolute atomic E-state index is 0.0125. The summed E-state index contributed by atoms with van der Waals surface area (Å²) >= 11 is 16.7. The summed E-state index contributed by atoms with van der Waals surface area (Å²) < 4.78 is -1.72. The van der Waals surface area contributed by atoms with Crippen molar-refractivity contribution in [2.24, 2.45) is 5.73 Å². The fourth-order valence-electron chi connectivity index (χ4n) is 0.918. The van der Waals surface area contributed by atoms with Gasteiger partial charge in [-0.2, -0.15) is 0 Å². The average Bonchev–Trinajstić information content (AvgIpc) is 2.02. The van der Waals surface area contributed by atoms with E-state index < -0.39 is 3.79 Å². The number of nitrogens with two attached hydrogens (primary N) is 1. The summed E-state index contributed by atoms with van der Waals surface area (Å²) in [5, 5.41) is 0. The lowest BCUT2D eigenvalue weighted by atomic mass is 10.3. The highest BCUT2D eigenvalue weighted by Gasteiger charge is 2.26. The van der Waals surface area contributed by atoms with E-state index in [1.807, 2.05) is 0 Å². The van der Waals surface area contributed by atoms with E-state index in [4.69, 9.17) is 40.5 Å². The molecular formula is C7H8Cl3N3O. The molecule has 3 N–H and O–H groups in total. The van der Waals surface area contributed by atoms with Crippen LogP contribution in [-0.4, -0.2) is 16.5 Å². The van der Waals surface area contributed by atoms with Gasteiger partial charge in [0.05, 0.1) is 0 Å². The Morgan fingerprint density at radius 1 is 1.50 bits per heavy atom. The lowest BCUT2D eigenvalue weighted by molar-refractivity contribution is 0.852. The van der Waals surface area contributed by atoms with Gasteiger partial charge in [0.25, 0.3) is 5.56 Å². The van der Waals surface area contributed by atoms with Crippen LogP contribution in [0.5, 0.6) is 0 Å². The minimum Gasteiger partial charge on any atom is -0.330 e. The third-order valence-corrected chi connectivity index (χ3v) is 2.00. The van der Waals surface area contributed by atoms with Gasteiger partial charge in [-0.3, -0.25) is 4.79 Å². The molecule has 1 aromatic rings. The molecule has 1 heterocycles. The van der Waals surface area contributed by atoms with Crippen molar-refractivity contribution in [3.63, 3.8) is 0 Å². The SMILES string of the molecule is NCCc1cc(=O)[nH]c(C(Cl)(Cl)Cl)n1. The summed E-state index contributed by atoms with van der Waals surface area (Å²) in [4.78, 5) is 17.4. The zero-order valence-corrected chi connectivity index (χ0v) is 9.33. The molecule has 0 aromatic carbocycles. The van der Waals surface area contributed by atoms with Crippen molar-refractivity contribution in [2.75, 3.05) is 6.54 Å². The summed E-state index contributed by atoms with van der Waals surface area (Å²) in [5.74, 6) is 0.0125. The minimum atomic E-state index is -1.72. The highest BCUT2D eigenvalue weighted by Crippen LogP contribution is 2.35. The number of halogens is 3. The van der Waals surface area contributed by atoms with Crippen molar-refractivity contribution in [3.8, 4) is 0 Å². The number of hydrogen-bond acceptors (Lipinski definition) is 3. The second kappa shape index (κ2) is 4.49. The van der Waals surface area contributed by atoms with Crippen molar-refractivity contribution >= 4 is 34.8 Å².